The number of nitrogens with zero attached hydrogens (tertiary/aromatic N) is 4. The average molecular weight is 461 g/mol. The van der Waals surface area contributed by atoms with Gasteiger partial charge in [-0.2, -0.15) is 18.2 Å². The van der Waals surface area contributed by atoms with Gasteiger partial charge in [-0.1, -0.05) is 19.0 Å². The van der Waals surface area contributed by atoms with Crippen LogP contribution in [0.25, 0.3) is 11.0 Å². The van der Waals surface area contributed by atoms with E-state index in [1.807, 2.05) is 13.8 Å². The molecule has 1 amide bonds. The van der Waals surface area contributed by atoms with Crippen molar-refractivity contribution in [1.82, 2.24) is 19.7 Å². The molecule has 0 fully saturated rings. The van der Waals surface area contributed by atoms with Gasteiger partial charge < -0.3 is 13.5 Å². The van der Waals surface area contributed by atoms with Gasteiger partial charge in [0.2, 0.25) is 17.7 Å². The molecule has 4 aromatic rings. The molecule has 3 heterocycles. The highest BCUT2D eigenvalue weighted by atomic mass is 19.4. The molecule has 0 bridgehead atoms. The highest BCUT2D eigenvalue weighted by Crippen LogP contribution is 2.32. The van der Waals surface area contributed by atoms with E-state index in [1.165, 1.54) is 12.3 Å². The number of rotatable bonds is 8. The molecule has 0 aliphatic carbocycles. The van der Waals surface area contributed by atoms with Crippen LogP contribution < -0.4 is 5.32 Å². The monoisotopic (exact) mass is 461 g/mol. The van der Waals surface area contributed by atoms with Gasteiger partial charge in [0.1, 0.15) is 5.76 Å². The zero-order chi connectivity index (χ0) is 23.6. The van der Waals surface area contributed by atoms with Gasteiger partial charge in [-0.3, -0.25) is 10.1 Å². The lowest BCUT2D eigenvalue weighted by Gasteiger charge is -2.09. The molecule has 0 radical (unpaired) electrons. The summed E-state index contributed by atoms with van der Waals surface area (Å²) in [5.74, 6) is 1.60. The molecular weight excluding hydrogens is 439 g/mol. The Bertz CT molecular complexity index is 1240. The first-order valence-corrected chi connectivity index (χ1v) is 10.4. The Kier molecular flexibility index (Phi) is 6.21. The fourth-order valence-electron chi connectivity index (χ4n) is 3.31. The van der Waals surface area contributed by atoms with Gasteiger partial charge in [0, 0.05) is 18.8 Å². The highest BCUT2D eigenvalue weighted by Gasteiger charge is 2.31. The number of imidazole rings is 1. The van der Waals surface area contributed by atoms with Crippen molar-refractivity contribution in [2.45, 2.75) is 51.7 Å². The number of amides is 1. The third-order valence-electron chi connectivity index (χ3n) is 5.02. The quantitative estimate of drug-likeness (QED) is 0.389. The highest BCUT2D eigenvalue weighted by molar-refractivity contribution is 5.91. The number of anilines is 1. The topological polar surface area (TPSA) is 99.0 Å². The fourth-order valence-corrected chi connectivity index (χ4v) is 3.31. The number of benzene rings is 1. The largest absolute Gasteiger partial charge is 0.467 e. The van der Waals surface area contributed by atoms with Gasteiger partial charge in [-0.25, -0.2) is 4.98 Å². The molecule has 0 unspecified atom stereocenters. The molecule has 0 saturated heterocycles. The standard InChI is InChI=1S/C22H22F3N5O3/c1-13(2)20-28-19(33-29-20)7-3-6-18(31)27-21-26-16-11-14(22(23,24)25)8-9-17(16)30(21)12-15-5-4-10-32-15/h4-5,8-11,13H,3,6-7,12H2,1-2H3,(H,26,27,31). The van der Waals surface area contributed by atoms with E-state index in [4.69, 9.17) is 8.94 Å². The van der Waals surface area contributed by atoms with E-state index in [1.54, 1.807) is 16.7 Å². The van der Waals surface area contributed by atoms with Gasteiger partial charge in [0.05, 0.1) is 29.4 Å². The number of hydrogen-bond donors (Lipinski definition) is 1. The molecule has 174 valence electrons. The Balaban J connectivity index is 1.50. The molecule has 0 aliphatic rings. The van der Waals surface area contributed by atoms with E-state index in [0.29, 0.717) is 35.8 Å². The Hall–Kier alpha value is -3.63. The number of fused-ring (bicyclic) bond motifs is 1. The van der Waals surface area contributed by atoms with Crippen molar-refractivity contribution in [3.8, 4) is 0 Å². The van der Waals surface area contributed by atoms with E-state index in [0.717, 1.165) is 12.1 Å². The van der Waals surface area contributed by atoms with Gasteiger partial charge >= 0.3 is 6.18 Å². The number of nitrogens with one attached hydrogen (secondary N) is 1. The van der Waals surface area contributed by atoms with Gasteiger partial charge in [-0.05, 0) is 36.8 Å². The molecule has 33 heavy (non-hydrogen) atoms. The molecule has 3 aromatic heterocycles. The zero-order valence-electron chi connectivity index (χ0n) is 18.0. The lowest BCUT2D eigenvalue weighted by molar-refractivity contribution is -0.137. The molecule has 0 aliphatic heterocycles. The lowest BCUT2D eigenvalue weighted by atomic mass is 10.2. The number of hydrogen-bond acceptors (Lipinski definition) is 6. The van der Waals surface area contributed by atoms with Crippen LogP contribution in [0.4, 0.5) is 19.1 Å². The Labute approximate surface area is 186 Å². The second-order valence-corrected chi connectivity index (χ2v) is 7.90. The van der Waals surface area contributed by atoms with Crippen LogP contribution in [-0.4, -0.2) is 25.6 Å². The van der Waals surface area contributed by atoms with Gasteiger partial charge in [-0.15, -0.1) is 0 Å². The van der Waals surface area contributed by atoms with Crippen LogP contribution in [0, 0.1) is 0 Å². The molecule has 0 atom stereocenters. The summed E-state index contributed by atoms with van der Waals surface area (Å²) in [5.41, 5.74) is -0.239. The summed E-state index contributed by atoms with van der Waals surface area (Å²) in [6.45, 7) is 4.10. The number of carbonyl (C=O) groups is 1. The summed E-state index contributed by atoms with van der Waals surface area (Å²) < 4.78 is 51.5. The van der Waals surface area contributed by atoms with E-state index >= 15 is 0 Å². The molecular formula is C22H22F3N5O3. The first-order valence-electron chi connectivity index (χ1n) is 10.4. The maximum atomic E-state index is 13.1. The van der Waals surface area contributed by atoms with Crippen molar-refractivity contribution >= 4 is 22.9 Å². The van der Waals surface area contributed by atoms with Crippen molar-refractivity contribution in [2.24, 2.45) is 0 Å². The lowest BCUT2D eigenvalue weighted by Crippen LogP contribution is -2.16. The maximum absolute atomic E-state index is 13.1. The molecule has 1 N–H and O–H groups in total. The fraction of sp³-hybridized carbons (Fsp3) is 0.364. The van der Waals surface area contributed by atoms with Crippen molar-refractivity contribution in [2.75, 3.05) is 5.32 Å². The van der Waals surface area contributed by atoms with E-state index in [-0.39, 0.29) is 36.3 Å². The van der Waals surface area contributed by atoms with E-state index < -0.39 is 11.7 Å². The SMILES string of the molecule is CC(C)c1noc(CCCC(=O)Nc2nc3cc(C(F)(F)F)ccc3n2Cc2ccco2)n1. The smallest absolute Gasteiger partial charge is 0.416 e. The third-order valence-corrected chi connectivity index (χ3v) is 5.02. The summed E-state index contributed by atoms with van der Waals surface area (Å²) in [4.78, 5) is 21.1. The minimum absolute atomic E-state index is 0.124. The third kappa shape index (κ3) is 5.24. The molecule has 1 aromatic carbocycles. The predicted molar refractivity (Wildman–Crippen MR) is 112 cm³/mol. The summed E-state index contributed by atoms with van der Waals surface area (Å²) in [6.07, 6.45) is -1.95. The number of alkyl halides is 3. The van der Waals surface area contributed by atoms with E-state index in [2.05, 4.69) is 20.4 Å². The van der Waals surface area contributed by atoms with Gasteiger partial charge in [0.15, 0.2) is 5.82 Å². The summed E-state index contributed by atoms with van der Waals surface area (Å²) in [7, 11) is 0. The van der Waals surface area contributed by atoms with Crippen molar-refractivity contribution in [3.63, 3.8) is 0 Å². The second kappa shape index (κ2) is 9.08. The van der Waals surface area contributed by atoms with Crippen LogP contribution in [-0.2, 0) is 23.9 Å². The maximum Gasteiger partial charge on any atom is 0.416 e. The molecule has 0 saturated carbocycles. The zero-order valence-corrected chi connectivity index (χ0v) is 18.0. The van der Waals surface area contributed by atoms with Crippen LogP contribution in [0.1, 0.15) is 55.6 Å². The first kappa shape index (κ1) is 22.6. The van der Waals surface area contributed by atoms with Crippen LogP contribution in [0.15, 0.2) is 45.5 Å². The van der Waals surface area contributed by atoms with Crippen molar-refractivity contribution in [1.29, 1.82) is 0 Å². The number of carbonyl (C=O) groups excluding carboxylic acids is 1. The molecule has 11 heteroatoms. The van der Waals surface area contributed by atoms with Crippen molar-refractivity contribution < 1.29 is 26.9 Å². The number of halogens is 3. The summed E-state index contributed by atoms with van der Waals surface area (Å²) in [5, 5.41) is 6.59. The van der Waals surface area contributed by atoms with Crippen LogP contribution >= 0.6 is 0 Å². The van der Waals surface area contributed by atoms with Crippen LogP contribution in [0.2, 0.25) is 0 Å². The normalized spacial score (nSPS) is 12.1. The second-order valence-electron chi connectivity index (χ2n) is 7.90. The first-order chi connectivity index (χ1) is 15.7. The molecule has 0 spiro atoms. The number of furan rings is 1. The Morgan fingerprint density at radius 2 is 2.03 bits per heavy atom. The van der Waals surface area contributed by atoms with Crippen LogP contribution in [0.5, 0.6) is 0 Å². The summed E-state index contributed by atoms with van der Waals surface area (Å²) in [6, 6.07) is 6.73. The Morgan fingerprint density at radius 1 is 1.21 bits per heavy atom. The number of aryl methyl sites for hydroxylation is 1. The van der Waals surface area contributed by atoms with Gasteiger partial charge in [0.25, 0.3) is 0 Å². The minimum Gasteiger partial charge on any atom is -0.467 e. The Morgan fingerprint density at radius 3 is 2.70 bits per heavy atom. The van der Waals surface area contributed by atoms with E-state index in [9.17, 15) is 18.0 Å². The molecule has 4 rings (SSSR count). The molecule has 8 nitrogen and oxygen atoms in total. The number of aromatic nitrogens is 4. The van der Waals surface area contributed by atoms with Crippen LogP contribution in [0.3, 0.4) is 0 Å². The van der Waals surface area contributed by atoms with Crippen molar-refractivity contribution in [3.05, 3.63) is 59.6 Å². The minimum atomic E-state index is -4.49. The predicted octanol–water partition coefficient (Wildman–Crippen LogP) is 5.16. The summed E-state index contributed by atoms with van der Waals surface area (Å²) >= 11 is 0. The average Bonchev–Trinajstić information content (AvgIpc) is 3.49.